The maximum Gasteiger partial charge on any atom is 0.411 e. The lowest BCUT2D eigenvalue weighted by Crippen LogP contribution is -2.14. The molecule has 0 aliphatic carbocycles. The number of halogens is 1. The van der Waals surface area contributed by atoms with Gasteiger partial charge in [0.05, 0.1) is 35.6 Å². The first-order chi connectivity index (χ1) is 13.4. The van der Waals surface area contributed by atoms with E-state index in [0.29, 0.717) is 23.7 Å². The quantitative estimate of drug-likeness (QED) is 0.620. The first kappa shape index (κ1) is 19.6. The van der Waals surface area contributed by atoms with E-state index >= 15 is 0 Å². The molecule has 0 unspecified atom stereocenters. The number of aryl methyl sites for hydroxylation is 2. The van der Waals surface area contributed by atoms with Crippen molar-refractivity contribution < 1.29 is 9.53 Å². The van der Waals surface area contributed by atoms with Crippen LogP contribution < -0.4 is 10.6 Å². The number of hydrogen-bond donors (Lipinski definition) is 2. The van der Waals surface area contributed by atoms with E-state index < -0.39 is 6.09 Å². The van der Waals surface area contributed by atoms with Gasteiger partial charge in [-0.3, -0.25) is 9.72 Å². The Balaban J connectivity index is 1.96. The number of hydrogen-bond acceptors (Lipinski definition) is 4. The molecule has 7 heteroatoms. The Hall–Kier alpha value is -3.17. The third-order valence-corrected chi connectivity index (χ3v) is 4.75. The zero-order chi connectivity index (χ0) is 20.3. The fraction of sp³-hybridized carbons (Fsp3) is 0.238. The number of imidazole rings is 1. The van der Waals surface area contributed by atoms with Gasteiger partial charge in [0.15, 0.2) is 5.65 Å². The number of carbonyl (C=O) groups excluding carboxylic acids is 1. The first-order valence-corrected chi connectivity index (χ1v) is 9.10. The molecule has 1 aromatic carbocycles. The zero-order valence-corrected chi connectivity index (χ0v) is 16.7. The highest BCUT2D eigenvalue weighted by Crippen LogP contribution is 2.27. The standard InChI is InChI=1S/C21H21ClN4O2/c1-5-7-19-14(3)24-20-18(10-15(22)12-26(19)20)23-11-16-13(2)8-6-9-17(16)25-21(27)28-4/h1,6,8-10,12,23H,7,11H2,2-4H3,(H,25,27). The van der Waals surface area contributed by atoms with Crippen LogP contribution in [0.4, 0.5) is 16.2 Å². The van der Waals surface area contributed by atoms with Crippen molar-refractivity contribution in [3.8, 4) is 12.3 Å². The summed E-state index contributed by atoms with van der Waals surface area (Å²) < 4.78 is 6.63. The number of carbonyl (C=O) groups is 1. The van der Waals surface area contributed by atoms with Crippen LogP contribution in [0.5, 0.6) is 0 Å². The van der Waals surface area contributed by atoms with Crippen molar-refractivity contribution >= 4 is 34.7 Å². The highest BCUT2D eigenvalue weighted by molar-refractivity contribution is 6.30. The number of amides is 1. The van der Waals surface area contributed by atoms with E-state index in [-0.39, 0.29) is 0 Å². The van der Waals surface area contributed by atoms with Crippen LogP contribution in [0.1, 0.15) is 22.5 Å². The molecule has 0 atom stereocenters. The van der Waals surface area contributed by atoms with Gasteiger partial charge in [-0.25, -0.2) is 9.78 Å². The molecule has 0 fully saturated rings. The van der Waals surface area contributed by atoms with Crippen LogP contribution in [-0.4, -0.2) is 22.6 Å². The molecular formula is C21H21ClN4O2. The van der Waals surface area contributed by atoms with Crippen LogP contribution in [0.2, 0.25) is 5.02 Å². The maximum atomic E-state index is 11.6. The van der Waals surface area contributed by atoms with Crippen molar-refractivity contribution in [2.24, 2.45) is 0 Å². The van der Waals surface area contributed by atoms with Crippen LogP contribution >= 0.6 is 11.6 Å². The van der Waals surface area contributed by atoms with Gasteiger partial charge in [0.25, 0.3) is 0 Å². The Labute approximate surface area is 168 Å². The van der Waals surface area contributed by atoms with Gasteiger partial charge in [-0.15, -0.1) is 12.3 Å². The summed E-state index contributed by atoms with van der Waals surface area (Å²) >= 11 is 6.32. The van der Waals surface area contributed by atoms with Crippen LogP contribution in [0.25, 0.3) is 5.65 Å². The number of nitrogens with one attached hydrogen (secondary N) is 2. The lowest BCUT2D eigenvalue weighted by atomic mass is 10.1. The first-order valence-electron chi connectivity index (χ1n) is 8.72. The second kappa shape index (κ2) is 8.24. The monoisotopic (exact) mass is 396 g/mol. The summed E-state index contributed by atoms with van der Waals surface area (Å²) in [7, 11) is 1.33. The minimum atomic E-state index is -0.514. The average molecular weight is 397 g/mol. The minimum Gasteiger partial charge on any atom is -0.453 e. The van der Waals surface area contributed by atoms with Crippen LogP contribution in [0, 0.1) is 26.2 Å². The van der Waals surface area contributed by atoms with Gasteiger partial charge in [0.1, 0.15) is 0 Å². The van der Waals surface area contributed by atoms with E-state index in [1.165, 1.54) is 7.11 Å². The normalized spacial score (nSPS) is 10.5. The molecule has 0 radical (unpaired) electrons. The van der Waals surface area contributed by atoms with Crippen molar-refractivity contribution in [3.63, 3.8) is 0 Å². The molecule has 0 saturated heterocycles. The number of pyridine rings is 1. The second-order valence-electron chi connectivity index (χ2n) is 6.36. The van der Waals surface area contributed by atoms with Crippen molar-refractivity contribution in [2.75, 3.05) is 17.7 Å². The smallest absolute Gasteiger partial charge is 0.411 e. The number of terminal acetylenes is 1. The number of methoxy groups -OCH3 is 1. The predicted molar refractivity (Wildman–Crippen MR) is 112 cm³/mol. The van der Waals surface area contributed by atoms with E-state index in [1.54, 1.807) is 0 Å². The number of rotatable bonds is 5. The largest absolute Gasteiger partial charge is 0.453 e. The molecule has 0 spiro atoms. The molecule has 144 valence electrons. The lowest BCUT2D eigenvalue weighted by Gasteiger charge is -2.15. The summed E-state index contributed by atoms with van der Waals surface area (Å²) in [6.45, 7) is 4.38. The van der Waals surface area contributed by atoms with Gasteiger partial charge < -0.3 is 10.1 Å². The summed E-state index contributed by atoms with van der Waals surface area (Å²) in [5, 5.41) is 6.71. The lowest BCUT2D eigenvalue weighted by molar-refractivity contribution is 0.187. The second-order valence-corrected chi connectivity index (χ2v) is 6.80. The van der Waals surface area contributed by atoms with Gasteiger partial charge in [-0.05, 0) is 37.1 Å². The summed E-state index contributed by atoms with van der Waals surface area (Å²) in [4.78, 5) is 16.3. The van der Waals surface area contributed by atoms with Crippen molar-refractivity contribution in [1.29, 1.82) is 0 Å². The third kappa shape index (κ3) is 3.90. The molecule has 1 amide bonds. The van der Waals surface area contributed by atoms with Crippen molar-refractivity contribution in [3.05, 3.63) is 58.0 Å². The summed E-state index contributed by atoms with van der Waals surface area (Å²) in [5.41, 5.74) is 6.00. The zero-order valence-electron chi connectivity index (χ0n) is 16.0. The van der Waals surface area contributed by atoms with Gasteiger partial charge >= 0.3 is 6.09 Å². The van der Waals surface area contributed by atoms with Crippen LogP contribution in [0.15, 0.2) is 30.5 Å². The molecule has 0 aliphatic heterocycles. The highest BCUT2D eigenvalue weighted by Gasteiger charge is 2.14. The van der Waals surface area contributed by atoms with Crippen molar-refractivity contribution in [2.45, 2.75) is 26.8 Å². The van der Waals surface area contributed by atoms with Gasteiger partial charge in [0.2, 0.25) is 0 Å². The Bertz CT molecular complexity index is 1080. The van der Waals surface area contributed by atoms with Gasteiger partial charge in [0, 0.05) is 18.4 Å². The number of fused-ring (bicyclic) bond motifs is 1. The topological polar surface area (TPSA) is 67.7 Å². The van der Waals surface area contributed by atoms with E-state index in [4.69, 9.17) is 22.8 Å². The maximum absolute atomic E-state index is 11.6. The molecule has 2 aromatic heterocycles. The third-order valence-electron chi connectivity index (χ3n) is 4.54. The average Bonchev–Trinajstić information content (AvgIpc) is 2.97. The van der Waals surface area contributed by atoms with Crippen molar-refractivity contribution in [1.82, 2.24) is 9.38 Å². The fourth-order valence-corrected chi connectivity index (χ4v) is 3.32. The fourth-order valence-electron chi connectivity index (χ4n) is 3.11. The Morgan fingerprint density at radius 3 is 2.86 bits per heavy atom. The number of nitrogens with zero attached hydrogens (tertiary/aromatic N) is 2. The minimum absolute atomic E-state index is 0.470. The van der Waals surface area contributed by atoms with Crippen LogP contribution in [0.3, 0.4) is 0 Å². The molecule has 0 bridgehead atoms. The molecule has 0 saturated carbocycles. The molecule has 2 N–H and O–H groups in total. The molecule has 0 aliphatic rings. The highest BCUT2D eigenvalue weighted by atomic mass is 35.5. The molecule has 3 aromatic rings. The Morgan fingerprint density at radius 1 is 1.36 bits per heavy atom. The van der Waals surface area contributed by atoms with E-state index in [0.717, 1.165) is 33.8 Å². The molecule has 6 nitrogen and oxygen atoms in total. The Morgan fingerprint density at radius 2 is 2.14 bits per heavy atom. The number of ether oxygens (including phenoxy) is 1. The number of benzene rings is 1. The molecule has 2 heterocycles. The summed E-state index contributed by atoms with van der Waals surface area (Å²) in [5.74, 6) is 2.66. The number of aromatic nitrogens is 2. The Kier molecular flexibility index (Phi) is 5.76. The SMILES string of the molecule is C#CCc1c(C)nc2c(NCc3c(C)cccc3NC(=O)OC)cc(Cl)cn12. The predicted octanol–water partition coefficient (Wildman–Crippen LogP) is 4.57. The van der Waals surface area contributed by atoms with E-state index in [1.807, 2.05) is 48.7 Å². The van der Waals surface area contributed by atoms with Crippen LogP contribution in [-0.2, 0) is 17.7 Å². The van der Waals surface area contributed by atoms with Gasteiger partial charge in [-0.1, -0.05) is 23.7 Å². The van der Waals surface area contributed by atoms with E-state index in [2.05, 4.69) is 21.5 Å². The molecule has 3 rings (SSSR count). The van der Waals surface area contributed by atoms with E-state index in [9.17, 15) is 4.79 Å². The molecule has 28 heavy (non-hydrogen) atoms. The van der Waals surface area contributed by atoms with Gasteiger partial charge in [-0.2, -0.15) is 0 Å². The summed E-state index contributed by atoms with van der Waals surface area (Å²) in [6, 6.07) is 7.53. The number of anilines is 2. The molecular weight excluding hydrogens is 376 g/mol. The summed E-state index contributed by atoms with van der Waals surface area (Å²) in [6.07, 6.45) is 7.26.